The Bertz CT molecular complexity index is 1150. The fraction of sp³-hybridized carbons (Fsp3) is 0.0870. The number of rotatable bonds is 4. The second kappa shape index (κ2) is 7.89. The highest BCUT2D eigenvalue weighted by Crippen LogP contribution is 2.41. The van der Waals surface area contributed by atoms with Gasteiger partial charge in [-0.25, -0.2) is 0 Å². The van der Waals surface area contributed by atoms with Crippen LogP contribution in [0.1, 0.15) is 11.1 Å². The zero-order valence-corrected chi connectivity index (χ0v) is 17.4. The number of fused-ring (bicyclic) bond motifs is 1. The van der Waals surface area contributed by atoms with Crippen molar-refractivity contribution < 1.29 is 0 Å². The molecule has 2 heterocycles. The van der Waals surface area contributed by atoms with Crippen LogP contribution >= 0.6 is 23.5 Å². The molecule has 3 aromatic carbocycles. The van der Waals surface area contributed by atoms with Gasteiger partial charge < -0.3 is 0 Å². The molecule has 0 N–H and O–H groups in total. The van der Waals surface area contributed by atoms with Crippen molar-refractivity contribution in [1.29, 1.82) is 0 Å². The lowest BCUT2D eigenvalue weighted by Crippen LogP contribution is -2.22. The summed E-state index contributed by atoms with van der Waals surface area (Å²) in [5.74, 6) is 0.765. The quantitative estimate of drug-likeness (QED) is 0.428. The Morgan fingerprint density at radius 3 is 2.21 bits per heavy atom. The van der Waals surface area contributed by atoms with Crippen molar-refractivity contribution in [1.82, 2.24) is 14.9 Å². The van der Waals surface area contributed by atoms with Crippen LogP contribution in [0.3, 0.4) is 0 Å². The van der Waals surface area contributed by atoms with E-state index in [9.17, 15) is 0 Å². The lowest BCUT2D eigenvalue weighted by atomic mass is 10.1. The van der Waals surface area contributed by atoms with E-state index in [-0.39, 0.29) is 4.58 Å². The normalized spacial score (nSPS) is 15.6. The van der Waals surface area contributed by atoms with E-state index in [4.69, 9.17) is 5.10 Å². The minimum atomic E-state index is 0.0976. The predicted molar refractivity (Wildman–Crippen MR) is 121 cm³/mol. The minimum absolute atomic E-state index is 0.0976. The van der Waals surface area contributed by atoms with Gasteiger partial charge in [0.05, 0.1) is 5.71 Å². The molecule has 0 saturated carbocycles. The van der Waals surface area contributed by atoms with E-state index in [0.29, 0.717) is 0 Å². The number of thioether (sulfide) groups is 2. The molecule has 1 aliphatic rings. The molecule has 4 aromatic rings. The molecule has 6 heteroatoms. The fourth-order valence-electron chi connectivity index (χ4n) is 3.12. The molecule has 0 fully saturated rings. The standard InChI is InChI=1S/C23H18N4S2/c1-16-12-14-17(15-13-16)20-22(28-19-10-6-3-7-11-19)29-23-25-24-21(27(23)26-20)18-8-4-2-5-9-18/h2-15,22H,1H3. The summed E-state index contributed by atoms with van der Waals surface area (Å²) in [7, 11) is 0. The lowest BCUT2D eigenvalue weighted by Gasteiger charge is -2.23. The topological polar surface area (TPSA) is 43.1 Å². The SMILES string of the molecule is Cc1ccc(C2=Nn3c(nnc3-c3ccccc3)SC2Sc2ccccc2)cc1. The summed E-state index contributed by atoms with van der Waals surface area (Å²) in [6, 6.07) is 29.1. The third kappa shape index (κ3) is 3.73. The van der Waals surface area contributed by atoms with Gasteiger partial charge in [0.15, 0.2) is 5.82 Å². The van der Waals surface area contributed by atoms with Gasteiger partial charge in [0.2, 0.25) is 5.16 Å². The zero-order chi connectivity index (χ0) is 19.6. The molecule has 1 atom stereocenters. The van der Waals surface area contributed by atoms with Gasteiger partial charge in [0.25, 0.3) is 0 Å². The fourth-order valence-corrected chi connectivity index (χ4v) is 5.57. The first-order valence-electron chi connectivity index (χ1n) is 9.33. The van der Waals surface area contributed by atoms with E-state index in [1.807, 2.05) is 41.1 Å². The van der Waals surface area contributed by atoms with Gasteiger partial charge in [-0.15, -0.1) is 22.0 Å². The third-order valence-electron chi connectivity index (χ3n) is 4.62. The molecule has 1 aromatic heterocycles. The van der Waals surface area contributed by atoms with E-state index in [0.717, 1.165) is 27.8 Å². The van der Waals surface area contributed by atoms with Gasteiger partial charge in [0.1, 0.15) is 4.58 Å². The number of hydrogen-bond acceptors (Lipinski definition) is 5. The van der Waals surface area contributed by atoms with Crippen LogP contribution < -0.4 is 0 Å². The first-order valence-corrected chi connectivity index (χ1v) is 11.1. The van der Waals surface area contributed by atoms with E-state index >= 15 is 0 Å². The molecular weight excluding hydrogens is 396 g/mol. The summed E-state index contributed by atoms with van der Waals surface area (Å²) < 4.78 is 1.97. The van der Waals surface area contributed by atoms with Crippen molar-refractivity contribution in [3.8, 4) is 11.4 Å². The Kier molecular flexibility index (Phi) is 4.96. The van der Waals surface area contributed by atoms with Crippen LogP contribution in [0.2, 0.25) is 0 Å². The molecule has 0 bridgehead atoms. The molecule has 4 nitrogen and oxygen atoms in total. The monoisotopic (exact) mass is 414 g/mol. The van der Waals surface area contributed by atoms with Gasteiger partial charge in [0, 0.05) is 10.5 Å². The summed E-state index contributed by atoms with van der Waals surface area (Å²) in [6.45, 7) is 2.10. The number of aromatic nitrogens is 3. The Balaban J connectivity index is 1.60. The van der Waals surface area contributed by atoms with E-state index in [2.05, 4.69) is 65.7 Å². The molecular formula is C23H18N4S2. The highest BCUT2D eigenvalue weighted by atomic mass is 32.2. The average Bonchev–Trinajstić information content (AvgIpc) is 3.18. The smallest absolute Gasteiger partial charge is 0.186 e. The first kappa shape index (κ1) is 18.2. The summed E-state index contributed by atoms with van der Waals surface area (Å²) in [6.07, 6.45) is 0. The molecule has 1 unspecified atom stereocenters. The number of nitrogens with zero attached hydrogens (tertiary/aromatic N) is 4. The van der Waals surface area contributed by atoms with Crippen LogP contribution in [0.25, 0.3) is 11.4 Å². The van der Waals surface area contributed by atoms with Gasteiger partial charge in [-0.3, -0.25) is 0 Å². The maximum absolute atomic E-state index is 5.03. The Labute approximate surface area is 178 Å². The summed E-state index contributed by atoms with van der Waals surface area (Å²) in [5.41, 5.74) is 4.39. The second-order valence-electron chi connectivity index (χ2n) is 6.72. The molecule has 5 rings (SSSR count). The van der Waals surface area contributed by atoms with Crippen molar-refractivity contribution in [2.75, 3.05) is 0 Å². The van der Waals surface area contributed by atoms with Crippen molar-refractivity contribution in [3.63, 3.8) is 0 Å². The maximum Gasteiger partial charge on any atom is 0.213 e. The van der Waals surface area contributed by atoms with Crippen molar-refractivity contribution >= 4 is 29.2 Å². The van der Waals surface area contributed by atoms with Crippen molar-refractivity contribution in [2.24, 2.45) is 5.10 Å². The highest BCUT2D eigenvalue weighted by Gasteiger charge is 2.30. The Morgan fingerprint density at radius 2 is 1.48 bits per heavy atom. The Morgan fingerprint density at radius 1 is 0.793 bits per heavy atom. The van der Waals surface area contributed by atoms with Crippen LogP contribution in [0, 0.1) is 6.92 Å². The minimum Gasteiger partial charge on any atom is -0.186 e. The predicted octanol–water partition coefficient (Wildman–Crippen LogP) is 5.73. The summed E-state index contributed by atoms with van der Waals surface area (Å²) in [4.78, 5) is 1.21. The number of benzene rings is 3. The molecule has 1 aliphatic heterocycles. The lowest BCUT2D eigenvalue weighted by molar-refractivity contribution is 0.760. The van der Waals surface area contributed by atoms with Crippen LogP contribution in [0.5, 0.6) is 0 Å². The van der Waals surface area contributed by atoms with Gasteiger partial charge in [-0.05, 0) is 24.6 Å². The molecule has 0 radical (unpaired) electrons. The van der Waals surface area contributed by atoms with Gasteiger partial charge in [-0.1, -0.05) is 90.1 Å². The van der Waals surface area contributed by atoms with Gasteiger partial charge in [-0.2, -0.15) is 9.78 Å². The van der Waals surface area contributed by atoms with Crippen LogP contribution in [-0.2, 0) is 0 Å². The molecule has 0 spiro atoms. The molecule has 0 aliphatic carbocycles. The van der Waals surface area contributed by atoms with E-state index in [1.165, 1.54) is 10.5 Å². The molecule has 0 amide bonds. The molecule has 142 valence electrons. The first-order chi connectivity index (χ1) is 14.3. The Hall–Kier alpha value is -2.83. The third-order valence-corrected chi connectivity index (χ3v) is 7.08. The van der Waals surface area contributed by atoms with Crippen LogP contribution in [-0.4, -0.2) is 25.2 Å². The average molecular weight is 415 g/mol. The van der Waals surface area contributed by atoms with Gasteiger partial charge >= 0.3 is 0 Å². The highest BCUT2D eigenvalue weighted by molar-refractivity contribution is 8.18. The van der Waals surface area contributed by atoms with E-state index in [1.54, 1.807) is 23.5 Å². The van der Waals surface area contributed by atoms with E-state index < -0.39 is 0 Å². The summed E-state index contributed by atoms with van der Waals surface area (Å²) in [5, 5.41) is 14.7. The van der Waals surface area contributed by atoms with Crippen molar-refractivity contribution in [2.45, 2.75) is 21.6 Å². The number of aryl methyl sites for hydroxylation is 1. The second-order valence-corrected chi connectivity index (χ2v) is 9.27. The largest absolute Gasteiger partial charge is 0.213 e. The maximum atomic E-state index is 5.03. The zero-order valence-electron chi connectivity index (χ0n) is 15.8. The summed E-state index contributed by atoms with van der Waals surface area (Å²) >= 11 is 3.49. The van der Waals surface area contributed by atoms with Crippen LogP contribution in [0.15, 0.2) is 100 Å². The number of hydrogen-bond donors (Lipinski definition) is 0. The molecule has 29 heavy (non-hydrogen) atoms. The molecule has 0 saturated heterocycles. The van der Waals surface area contributed by atoms with Crippen molar-refractivity contribution in [3.05, 3.63) is 96.1 Å². The van der Waals surface area contributed by atoms with Crippen LogP contribution in [0.4, 0.5) is 0 Å².